The molecule has 0 radical (unpaired) electrons. The number of carbonyl (C=O) groups is 1. The van der Waals surface area contributed by atoms with Crippen molar-refractivity contribution in [2.45, 2.75) is 19.8 Å². The molecule has 0 saturated heterocycles. The second-order valence-corrected chi connectivity index (χ2v) is 1.44. The van der Waals surface area contributed by atoms with Crippen LogP contribution in [0.25, 0.3) is 0 Å². The summed E-state index contributed by atoms with van der Waals surface area (Å²) in [6.07, 6.45) is 0.660. The Kier molecular flexibility index (Phi) is 3.34. The largest absolute Gasteiger partial charge is 0.303 e. The van der Waals surface area contributed by atoms with Crippen molar-refractivity contribution in [3.8, 4) is 0 Å². The third-order valence-corrected chi connectivity index (χ3v) is 0.630. The highest BCUT2D eigenvalue weighted by Crippen LogP contribution is 1.89. The predicted molar refractivity (Wildman–Crippen MR) is 28.0 cm³/mol. The molecule has 0 rings (SSSR count). The Hall–Kier alpha value is -1.13. The van der Waals surface area contributed by atoms with Crippen LogP contribution >= 0.6 is 0 Å². The van der Waals surface area contributed by atoms with Gasteiger partial charge in [-0.05, 0) is 6.42 Å². The lowest BCUT2D eigenvalue weighted by Crippen LogP contribution is -2.08. The van der Waals surface area contributed by atoms with Crippen molar-refractivity contribution in [3.05, 3.63) is 10.1 Å². The third kappa shape index (κ3) is 4.73. The van der Waals surface area contributed by atoms with Crippen LogP contribution in [0.5, 0.6) is 0 Å². The van der Waals surface area contributed by atoms with Crippen LogP contribution in [-0.4, -0.2) is 11.1 Å². The Bertz CT molecular complexity index is 122. The Balaban J connectivity index is 3.39. The fourth-order valence-electron chi connectivity index (χ4n) is 0.333. The summed E-state index contributed by atoms with van der Waals surface area (Å²) in [5.41, 5.74) is 0. The zero-order valence-corrected chi connectivity index (χ0v) is 4.99. The van der Waals surface area contributed by atoms with E-state index in [9.17, 15) is 14.9 Å². The molecule has 0 aromatic rings. The van der Waals surface area contributed by atoms with Crippen molar-refractivity contribution in [2.24, 2.45) is 0 Å². The summed E-state index contributed by atoms with van der Waals surface area (Å²) in [6.45, 7) is 1.74. The van der Waals surface area contributed by atoms with E-state index in [0.717, 1.165) is 0 Å². The van der Waals surface area contributed by atoms with Gasteiger partial charge in [0.1, 0.15) is 0 Å². The van der Waals surface area contributed by atoms with Gasteiger partial charge >= 0.3 is 11.1 Å². The molecule has 0 fully saturated rings. The summed E-state index contributed by atoms with van der Waals surface area (Å²) in [5.74, 6) is -0.789. The van der Waals surface area contributed by atoms with Gasteiger partial charge < -0.3 is 0 Å². The molecule has 52 valence electrons. The predicted octanol–water partition coefficient (Wildman–Crippen LogP) is 0.521. The molecule has 0 aliphatic heterocycles. The lowest BCUT2D eigenvalue weighted by Gasteiger charge is -1.91. The average molecular weight is 133 g/mol. The van der Waals surface area contributed by atoms with Crippen LogP contribution in [0.3, 0.4) is 0 Å². The van der Waals surface area contributed by atoms with Crippen LogP contribution in [0.2, 0.25) is 0 Å². The zero-order valence-electron chi connectivity index (χ0n) is 4.99. The van der Waals surface area contributed by atoms with Crippen molar-refractivity contribution >= 4 is 5.97 Å². The quantitative estimate of drug-likeness (QED) is 0.415. The summed E-state index contributed by atoms with van der Waals surface area (Å²) >= 11 is 0. The number of rotatable bonds is 3. The van der Waals surface area contributed by atoms with E-state index >= 15 is 0 Å². The SMILES string of the molecule is CCCC(=O)O[N+](=O)[O-]. The van der Waals surface area contributed by atoms with E-state index in [2.05, 4.69) is 4.84 Å². The molecule has 0 atom stereocenters. The minimum absolute atomic E-state index is 0.0982. The molecule has 0 saturated carbocycles. The molecule has 0 bridgehead atoms. The summed E-state index contributed by atoms with van der Waals surface area (Å²) in [5, 5.41) is 8.35. The highest BCUT2D eigenvalue weighted by molar-refractivity contribution is 5.68. The van der Waals surface area contributed by atoms with Gasteiger partial charge in [-0.15, -0.1) is 10.1 Å². The van der Waals surface area contributed by atoms with Crippen LogP contribution in [0, 0.1) is 10.1 Å². The lowest BCUT2D eigenvalue weighted by atomic mass is 10.3. The third-order valence-electron chi connectivity index (χ3n) is 0.630. The molecule has 0 aromatic carbocycles. The Morgan fingerprint density at radius 3 is 2.67 bits per heavy atom. The zero-order chi connectivity index (χ0) is 7.28. The number of nitrogens with zero attached hydrogens (tertiary/aromatic N) is 1. The standard InChI is InChI=1S/C4H7NO4/c1-2-3-4(6)9-5(7)8/h2-3H2,1H3. The van der Waals surface area contributed by atoms with Gasteiger partial charge in [0.15, 0.2) is 0 Å². The van der Waals surface area contributed by atoms with Crippen molar-refractivity contribution in [3.63, 3.8) is 0 Å². The fraction of sp³-hybridized carbons (Fsp3) is 0.750. The average Bonchev–Trinajstić information content (AvgIpc) is 1.63. The van der Waals surface area contributed by atoms with Crippen molar-refractivity contribution in [1.82, 2.24) is 0 Å². The number of hydrogen-bond donors (Lipinski definition) is 0. The topological polar surface area (TPSA) is 69.4 Å². The van der Waals surface area contributed by atoms with Crippen LogP contribution in [0.15, 0.2) is 0 Å². The highest BCUT2D eigenvalue weighted by atomic mass is 17.0. The highest BCUT2D eigenvalue weighted by Gasteiger charge is 2.03. The van der Waals surface area contributed by atoms with Gasteiger partial charge in [-0.1, -0.05) is 6.92 Å². The second-order valence-electron chi connectivity index (χ2n) is 1.44. The summed E-state index contributed by atoms with van der Waals surface area (Å²) in [4.78, 5) is 23.2. The van der Waals surface area contributed by atoms with Crippen LogP contribution in [0.4, 0.5) is 0 Å². The fourth-order valence-corrected chi connectivity index (χ4v) is 0.333. The maximum absolute atomic E-state index is 10.2. The van der Waals surface area contributed by atoms with Gasteiger partial charge in [0.2, 0.25) is 0 Å². The van der Waals surface area contributed by atoms with E-state index in [1.165, 1.54) is 0 Å². The number of hydrogen-bond acceptors (Lipinski definition) is 4. The van der Waals surface area contributed by atoms with Crippen LogP contribution in [0.1, 0.15) is 19.8 Å². The Morgan fingerprint density at radius 2 is 2.33 bits per heavy atom. The van der Waals surface area contributed by atoms with Gasteiger partial charge in [-0.2, -0.15) is 0 Å². The van der Waals surface area contributed by atoms with E-state index in [1.807, 2.05) is 0 Å². The van der Waals surface area contributed by atoms with E-state index in [4.69, 9.17) is 0 Å². The van der Waals surface area contributed by atoms with Crippen molar-refractivity contribution < 1.29 is 14.7 Å². The summed E-state index contributed by atoms with van der Waals surface area (Å²) in [6, 6.07) is 0. The molecular weight excluding hydrogens is 126 g/mol. The minimum atomic E-state index is -1.10. The smallest absolute Gasteiger partial charge is 0.268 e. The first kappa shape index (κ1) is 7.87. The minimum Gasteiger partial charge on any atom is -0.268 e. The van der Waals surface area contributed by atoms with E-state index < -0.39 is 11.1 Å². The Morgan fingerprint density at radius 1 is 1.78 bits per heavy atom. The molecule has 0 aliphatic carbocycles. The van der Waals surface area contributed by atoms with Crippen LogP contribution < -0.4 is 0 Å². The summed E-state index contributed by atoms with van der Waals surface area (Å²) in [7, 11) is 0. The van der Waals surface area contributed by atoms with Gasteiger partial charge in [-0.3, -0.25) is 4.79 Å². The van der Waals surface area contributed by atoms with E-state index in [1.54, 1.807) is 6.92 Å². The Labute approximate surface area is 51.7 Å². The van der Waals surface area contributed by atoms with Crippen LogP contribution in [-0.2, 0) is 9.63 Å². The molecule has 0 aliphatic rings. The van der Waals surface area contributed by atoms with Gasteiger partial charge in [0.25, 0.3) is 0 Å². The monoisotopic (exact) mass is 133 g/mol. The maximum Gasteiger partial charge on any atom is 0.303 e. The maximum atomic E-state index is 10.2. The molecule has 5 heteroatoms. The molecule has 0 spiro atoms. The molecule has 5 nitrogen and oxygen atoms in total. The van der Waals surface area contributed by atoms with E-state index in [0.29, 0.717) is 6.42 Å². The molecule has 0 heterocycles. The first-order valence-electron chi connectivity index (χ1n) is 2.52. The van der Waals surface area contributed by atoms with Gasteiger partial charge in [0.05, 0.1) is 0 Å². The van der Waals surface area contributed by atoms with Crippen molar-refractivity contribution in [1.29, 1.82) is 0 Å². The van der Waals surface area contributed by atoms with Gasteiger partial charge in [0, 0.05) is 6.42 Å². The normalized spacial score (nSPS) is 8.56. The van der Waals surface area contributed by atoms with Gasteiger partial charge in [-0.25, -0.2) is 4.84 Å². The number of carbonyl (C=O) groups excluding carboxylic acids is 1. The molecule has 9 heavy (non-hydrogen) atoms. The molecule has 0 amide bonds. The molecule has 0 aromatic heterocycles. The summed E-state index contributed by atoms with van der Waals surface area (Å²) < 4.78 is 0. The lowest BCUT2D eigenvalue weighted by molar-refractivity contribution is -0.729. The molecule has 0 N–H and O–H groups in total. The first-order chi connectivity index (χ1) is 4.16. The second kappa shape index (κ2) is 3.82. The van der Waals surface area contributed by atoms with Crippen molar-refractivity contribution in [2.75, 3.05) is 0 Å². The first-order valence-corrected chi connectivity index (χ1v) is 2.52. The molecule has 0 unspecified atom stereocenters. The molecular formula is C4H7NO4. The van der Waals surface area contributed by atoms with E-state index in [-0.39, 0.29) is 6.42 Å².